The van der Waals surface area contributed by atoms with Gasteiger partial charge in [0, 0.05) is 37.8 Å². The van der Waals surface area contributed by atoms with Crippen LogP contribution in [0.1, 0.15) is 31.3 Å². The number of aliphatic imine (C=N–C) groups is 1. The number of aromatic nitrogens is 5. The maximum Gasteiger partial charge on any atom is 0.172 e. The Morgan fingerprint density at radius 3 is 2.65 bits per heavy atom. The fourth-order valence-electron chi connectivity index (χ4n) is 3.12. The molecule has 0 atom stereocenters. The largest absolute Gasteiger partial charge is 0.337 e. The van der Waals surface area contributed by atoms with Crippen molar-refractivity contribution in [3.8, 4) is 11.3 Å². The Balaban J connectivity index is 1.52. The topological polar surface area (TPSA) is 60.9 Å². The van der Waals surface area contributed by atoms with E-state index >= 15 is 0 Å². The number of imidazole rings is 1. The molecule has 6 heteroatoms. The van der Waals surface area contributed by atoms with Gasteiger partial charge < -0.3 is 4.57 Å². The summed E-state index contributed by atoms with van der Waals surface area (Å²) in [4.78, 5) is 13.9. The standard InChI is InChI=1S/C20H22N6/c1-14-11-21-15(2)20-23-18(24-26(20)12-14)9-10-19-22-17(13-25(19)3)16-7-5-4-6-8-16/h4-8,11,13H,9-10,12H2,1-3H3. The molecule has 0 saturated heterocycles. The smallest absolute Gasteiger partial charge is 0.172 e. The zero-order chi connectivity index (χ0) is 18.1. The summed E-state index contributed by atoms with van der Waals surface area (Å²) < 4.78 is 4.03. The van der Waals surface area contributed by atoms with Gasteiger partial charge in [-0.15, -0.1) is 0 Å². The van der Waals surface area contributed by atoms with E-state index in [0.717, 1.165) is 53.8 Å². The van der Waals surface area contributed by atoms with Crippen molar-refractivity contribution in [2.45, 2.75) is 33.2 Å². The summed E-state index contributed by atoms with van der Waals surface area (Å²) >= 11 is 0. The monoisotopic (exact) mass is 346 g/mol. The quantitative estimate of drug-likeness (QED) is 0.729. The van der Waals surface area contributed by atoms with E-state index in [1.165, 1.54) is 5.57 Å². The van der Waals surface area contributed by atoms with Crippen molar-refractivity contribution in [1.82, 2.24) is 24.3 Å². The van der Waals surface area contributed by atoms with Gasteiger partial charge in [0.2, 0.25) is 0 Å². The van der Waals surface area contributed by atoms with Gasteiger partial charge in [-0.25, -0.2) is 14.6 Å². The van der Waals surface area contributed by atoms with E-state index in [1.54, 1.807) is 0 Å². The third-order valence-electron chi connectivity index (χ3n) is 4.53. The highest BCUT2D eigenvalue weighted by atomic mass is 15.4. The molecule has 0 aliphatic carbocycles. The number of aryl methyl sites for hydroxylation is 3. The van der Waals surface area contributed by atoms with Crippen LogP contribution in [0.25, 0.3) is 11.3 Å². The van der Waals surface area contributed by atoms with Crippen molar-refractivity contribution in [3.63, 3.8) is 0 Å². The Labute approximate surface area is 152 Å². The third kappa shape index (κ3) is 3.22. The molecular weight excluding hydrogens is 324 g/mol. The second-order valence-corrected chi connectivity index (χ2v) is 6.72. The maximum absolute atomic E-state index is 4.79. The van der Waals surface area contributed by atoms with Gasteiger partial charge in [-0.2, -0.15) is 5.10 Å². The number of hydrogen-bond acceptors (Lipinski definition) is 4. The second kappa shape index (κ2) is 6.71. The summed E-state index contributed by atoms with van der Waals surface area (Å²) in [6.45, 7) is 4.78. The highest BCUT2D eigenvalue weighted by Gasteiger charge is 2.16. The minimum Gasteiger partial charge on any atom is -0.337 e. The highest BCUT2D eigenvalue weighted by molar-refractivity contribution is 5.96. The third-order valence-corrected chi connectivity index (χ3v) is 4.53. The first-order chi connectivity index (χ1) is 12.6. The minimum absolute atomic E-state index is 0.740. The van der Waals surface area contributed by atoms with Crippen molar-refractivity contribution in [1.29, 1.82) is 0 Å². The lowest BCUT2D eigenvalue weighted by Crippen LogP contribution is -2.08. The predicted octanol–water partition coefficient (Wildman–Crippen LogP) is 3.19. The van der Waals surface area contributed by atoms with Gasteiger partial charge in [0.05, 0.1) is 18.0 Å². The number of rotatable bonds is 4. The molecule has 26 heavy (non-hydrogen) atoms. The summed E-state index contributed by atoms with van der Waals surface area (Å²) in [5.41, 5.74) is 4.22. The van der Waals surface area contributed by atoms with Crippen LogP contribution >= 0.6 is 0 Å². The van der Waals surface area contributed by atoms with E-state index in [-0.39, 0.29) is 0 Å². The number of benzene rings is 1. The van der Waals surface area contributed by atoms with E-state index < -0.39 is 0 Å². The van der Waals surface area contributed by atoms with E-state index in [2.05, 4.69) is 44.9 Å². The molecule has 3 aromatic rings. The zero-order valence-electron chi connectivity index (χ0n) is 15.3. The molecule has 132 valence electrons. The Morgan fingerprint density at radius 2 is 1.85 bits per heavy atom. The van der Waals surface area contributed by atoms with Crippen LogP contribution in [0.15, 0.2) is 53.3 Å². The van der Waals surface area contributed by atoms with Gasteiger partial charge >= 0.3 is 0 Å². The molecule has 3 heterocycles. The number of allylic oxidation sites excluding steroid dienone is 1. The maximum atomic E-state index is 4.79. The molecule has 0 radical (unpaired) electrons. The first kappa shape index (κ1) is 16.4. The van der Waals surface area contributed by atoms with Crippen LogP contribution in [0.5, 0.6) is 0 Å². The molecule has 4 rings (SSSR count). The fourth-order valence-corrected chi connectivity index (χ4v) is 3.12. The minimum atomic E-state index is 0.740. The Kier molecular flexibility index (Phi) is 4.24. The number of fused-ring (bicyclic) bond motifs is 1. The van der Waals surface area contributed by atoms with Crippen LogP contribution in [0, 0.1) is 0 Å². The Bertz CT molecular complexity index is 991. The van der Waals surface area contributed by atoms with Crippen LogP contribution in [-0.4, -0.2) is 30.0 Å². The lowest BCUT2D eigenvalue weighted by atomic mass is 10.2. The Morgan fingerprint density at radius 1 is 1.04 bits per heavy atom. The average molecular weight is 346 g/mol. The fraction of sp³-hybridized carbons (Fsp3) is 0.300. The average Bonchev–Trinajstić information content (AvgIpc) is 3.18. The van der Waals surface area contributed by atoms with Gasteiger partial charge in [-0.3, -0.25) is 4.99 Å². The molecule has 1 aliphatic rings. The van der Waals surface area contributed by atoms with Crippen molar-refractivity contribution in [2.75, 3.05) is 0 Å². The molecule has 0 fully saturated rings. The molecular formula is C20H22N6. The summed E-state index contributed by atoms with van der Waals surface area (Å²) in [7, 11) is 2.04. The van der Waals surface area contributed by atoms with E-state index in [9.17, 15) is 0 Å². The molecule has 0 N–H and O–H groups in total. The van der Waals surface area contributed by atoms with Gasteiger partial charge in [-0.1, -0.05) is 30.3 Å². The van der Waals surface area contributed by atoms with Gasteiger partial charge in [0.15, 0.2) is 11.6 Å². The molecule has 1 aromatic carbocycles. The summed E-state index contributed by atoms with van der Waals surface area (Å²) in [5, 5.41) is 4.67. The van der Waals surface area contributed by atoms with Crippen molar-refractivity contribution >= 4 is 5.71 Å². The highest BCUT2D eigenvalue weighted by Crippen LogP contribution is 2.18. The van der Waals surface area contributed by atoms with Gasteiger partial charge in [0.1, 0.15) is 5.82 Å². The molecule has 6 nitrogen and oxygen atoms in total. The normalized spacial score (nSPS) is 13.8. The second-order valence-electron chi connectivity index (χ2n) is 6.72. The Hall–Kier alpha value is -3.02. The number of nitrogens with zero attached hydrogens (tertiary/aromatic N) is 6. The van der Waals surface area contributed by atoms with E-state index in [4.69, 9.17) is 4.98 Å². The van der Waals surface area contributed by atoms with E-state index in [0.29, 0.717) is 0 Å². The molecule has 0 spiro atoms. The molecule has 0 saturated carbocycles. The van der Waals surface area contributed by atoms with Crippen LogP contribution in [0.4, 0.5) is 0 Å². The van der Waals surface area contributed by atoms with Crippen LogP contribution in [-0.2, 0) is 26.4 Å². The molecule has 0 amide bonds. The predicted molar refractivity (Wildman–Crippen MR) is 102 cm³/mol. The SMILES string of the molecule is CC1=CN=C(C)c2nc(CCc3nc(-c4ccccc4)cn3C)nn2C1. The lowest BCUT2D eigenvalue weighted by Gasteiger charge is -2.00. The van der Waals surface area contributed by atoms with Crippen molar-refractivity contribution in [2.24, 2.45) is 12.0 Å². The summed E-state index contributed by atoms with van der Waals surface area (Å²) in [5.74, 6) is 2.74. The first-order valence-corrected chi connectivity index (χ1v) is 8.82. The van der Waals surface area contributed by atoms with Crippen LogP contribution in [0.3, 0.4) is 0 Å². The first-order valence-electron chi connectivity index (χ1n) is 8.82. The van der Waals surface area contributed by atoms with Gasteiger partial charge in [0.25, 0.3) is 0 Å². The summed E-state index contributed by atoms with van der Waals surface area (Å²) in [6, 6.07) is 10.2. The van der Waals surface area contributed by atoms with Crippen molar-refractivity contribution in [3.05, 3.63) is 65.8 Å². The molecule has 0 unspecified atom stereocenters. The lowest BCUT2D eigenvalue weighted by molar-refractivity contribution is 0.654. The zero-order valence-corrected chi connectivity index (χ0v) is 15.3. The van der Waals surface area contributed by atoms with Crippen molar-refractivity contribution < 1.29 is 0 Å². The molecule has 1 aliphatic heterocycles. The summed E-state index contributed by atoms with van der Waals surface area (Å²) in [6.07, 6.45) is 5.53. The van der Waals surface area contributed by atoms with E-state index in [1.807, 2.05) is 43.1 Å². The van der Waals surface area contributed by atoms with Crippen LogP contribution < -0.4 is 0 Å². The van der Waals surface area contributed by atoms with Gasteiger partial charge in [-0.05, 0) is 19.4 Å². The molecule has 2 aromatic heterocycles. The molecule has 0 bridgehead atoms. The number of hydrogen-bond donors (Lipinski definition) is 0. The van der Waals surface area contributed by atoms with Crippen LogP contribution in [0.2, 0.25) is 0 Å².